The zero-order valence-electron chi connectivity index (χ0n) is 13.5. The van der Waals surface area contributed by atoms with Crippen LogP contribution in [0.2, 0.25) is 0 Å². The van der Waals surface area contributed by atoms with Gasteiger partial charge in [-0.15, -0.1) is 0 Å². The molecule has 7 nitrogen and oxygen atoms in total. The predicted molar refractivity (Wildman–Crippen MR) is 84.2 cm³/mol. The topological polar surface area (TPSA) is 83.7 Å². The number of aryl methyl sites for hydroxylation is 1. The molecule has 0 N–H and O–H groups in total. The summed E-state index contributed by atoms with van der Waals surface area (Å²) in [6.45, 7) is 1.89. The molecule has 0 bridgehead atoms. The van der Waals surface area contributed by atoms with Gasteiger partial charge in [-0.1, -0.05) is 24.2 Å². The van der Waals surface area contributed by atoms with Crippen molar-refractivity contribution >= 4 is 17.7 Å². The van der Waals surface area contributed by atoms with E-state index in [0.717, 1.165) is 17.0 Å². The zero-order valence-corrected chi connectivity index (χ0v) is 13.5. The van der Waals surface area contributed by atoms with Crippen LogP contribution >= 0.6 is 0 Å². The summed E-state index contributed by atoms with van der Waals surface area (Å²) in [7, 11) is 1.59. The minimum Gasteiger partial charge on any atom is -0.359 e. The highest BCUT2D eigenvalue weighted by Crippen LogP contribution is 2.22. The van der Waals surface area contributed by atoms with Gasteiger partial charge >= 0.3 is 0 Å². The number of nitrogens with zero attached hydrogens (tertiary/aromatic N) is 3. The summed E-state index contributed by atoms with van der Waals surface area (Å²) in [6.07, 6.45) is 0.746. The van der Waals surface area contributed by atoms with Crippen molar-refractivity contribution < 1.29 is 18.9 Å². The van der Waals surface area contributed by atoms with E-state index in [-0.39, 0.29) is 19.0 Å². The highest BCUT2D eigenvalue weighted by atomic mass is 16.5. The Hall–Kier alpha value is -2.96. The van der Waals surface area contributed by atoms with Crippen LogP contribution in [0.15, 0.2) is 34.9 Å². The Morgan fingerprint density at radius 3 is 2.38 bits per heavy atom. The molecule has 0 spiro atoms. The van der Waals surface area contributed by atoms with E-state index in [0.29, 0.717) is 16.9 Å². The van der Waals surface area contributed by atoms with E-state index >= 15 is 0 Å². The monoisotopic (exact) mass is 327 g/mol. The van der Waals surface area contributed by atoms with Crippen molar-refractivity contribution in [3.8, 4) is 0 Å². The van der Waals surface area contributed by atoms with Crippen LogP contribution in [-0.2, 0) is 17.8 Å². The van der Waals surface area contributed by atoms with Gasteiger partial charge in [-0.25, -0.2) is 0 Å². The van der Waals surface area contributed by atoms with Crippen LogP contribution in [0.3, 0.4) is 0 Å². The smallest absolute Gasteiger partial charge is 0.262 e. The van der Waals surface area contributed by atoms with Gasteiger partial charge in [0.1, 0.15) is 6.54 Å². The number of hydrogen-bond donors (Lipinski definition) is 0. The highest BCUT2D eigenvalue weighted by Gasteiger charge is 2.36. The quantitative estimate of drug-likeness (QED) is 0.777. The lowest BCUT2D eigenvalue weighted by Crippen LogP contribution is -2.40. The van der Waals surface area contributed by atoms with E-state index in [4.69, 9.17) is 4.52 Å². The molecule has 0 unspecified atom stereocenters. The average molecular weight is 327 g/mol. The molecule has 2 heterocycles. The molecule has 2 aromatic rings. The lowest BCUT2D eigenvalue weighted by molar-refractivity contribution is -0.131. The SMILES string of the molecule is CCc1cc(CN(C)C(=O)CN2C(=O)c3ccccc3C2=O)on1. The summed E-state index contributed by atoms with van der Waals surface area (Å²) < 4.78 is 5.15. The molecule has 124 valence electrons. The van der Waals surface area contributed by atoms with Gasteiger partial charge in [-0.05, 0) is 18.6 Å². The lowest BCUT2D eigenvalue weighted by Gasteiger charge is -2.19. The highest BCUT2D eigenvalue weighted by molar-refractivity contribution is 6.22. The van der Waals surface area contributed by atoms with Gasteiger partial charge in [-0.3, -0.25) is 19.3 Å². The Labute approximate surface area is 138 Å². The number of imide groups is 1. The van der Waals surface area contributed by atoms with Crippen molar-refractivity contribution in [2.75, 3.05) is 13.6 Å². The summed E-state index contributed by atoms with van der Waals surface area (Å²) in [5.41, 5.74) is 1.48. The molecule has 1 aliphatic heterocycles. The molecule has 0 aliphatic carbocycles. The maximum atomic E-state index is 12.3. The molecule has 0 saturated heterocycles. The third-order valence-electron chi connectivity index (χ3n) is 3.96. The summed E-state index contributed by atoms with van der Waals surface area (Å²) in [5.74, 6) is -0.667. The number of benzene rings is 1. The van der Waals surface area contributed by atoms with Crippen LogP contribution in [0.25, 0.3) is 0 Å². The van der Waals surface area contributed by atoms with E-state index in [1.807, 2.05) is 6.92 Å². The van der Waals surface area contributed by atoms with Crippen LogP contribution in [0.5, 0.6) is 0 Å². The molecular formula is C17H17N3O4. The van der Waals surface area contributed by atoms with Gasteiger partial charge in [0.2, 0.25) is 5.91 Å². The van der Waals surface area contributed by atoms with Gasteiger partial charge in [0.15, 0.2) is 5.76 Å². The molecule has 7 heteroatoms. The van der Waals surface area contributed by atoms with Crippen LogP contribution in [-0.4, -0.2) is 46.3 Å². The second kappa shape index (κ2) is 6.27. The first kappa shape index (κ1) is 15.9. The van der Waals surface area contributed by atoms with E-state index < -0.39 is 11.8 Å². The molecule has 3 amide bonds. The van der Waals surface area contributed by atoms with Crippen molar-refractivity contribution in [1.82, 2.24) is 15.0 Å². The second-order valence-electron chi connectivity index (χ2n) is 5.63. The Kier molecular flexibility index (Phi) is 4.16. The fourth-order valence-corrected chi connectivity index (χ4v) is 2.56. The number of amides is 3. The molecule has 3 rings (SSSR count). The Morgan fingerprint density at radius 2 is 1.83 bits per heavy atom. The van der Waals surface area contributed by atoms with Crippen LogP contribution in [0.1, 0.15) is 39.1 Å². The maximum Gasteiger partial charge on any atom is 0.262 e. The third kappa shape index (κ3) is 2.80. The fourth-order valence-electron chi connectivity index (χ4n) is 2.56. The molecule has 1 aromatic carbocycles. The van der Waals surface area contributed by atoms with Crippen LogP contribution < -0.4 is 0 Å². The van der Waals surface area contributed by atoms with E-state index in [1.165, 1.54) is 4.90 Å². The molecule has 1 aromatic heterocycles. The maximum absolute atomic E-state index is 12.3. The van der Waals surface area contributed by atoms with Crippen molar-refractivity contribution in [1.29, 1.82) is 0 Å². The summed E-state index contributed by atoms with van der Waals surface area (Å²) in [4.78, 5) is 39.3. The van der Waals surface area contributed by atoms with E-state index in [2.05, 4.69) is 5.16 Å². The minimum atomic E-state index is -0.440. The Balaban J connectivity index is 1.67. The van der Waals surface area contributed by atoms with E-state index in [9.17, 15) is 14.4 Å². The third-order valence-corrected chi connectivity index (χ3v) is 3.96. The van der Waals surface area contributed by atoms with Gasteiger partial charge in [0.05, 0.1) is 23.4 Å². The molecule has 0 fully saturated rings. The first-order valence-electron chi connectivity index (χ1n) is 7.65. The predicted octanol–water partition coefficient (Wildman–Crippen LogP) is 1.49. The Bertz CT molecular complexity index is 777. The van der Waals surface area contributed by atoms with Crippen molar-refractivity contribution in [2.45, 2.75) is 19.9 Å². The van der Waals surface area contributed by atoms with Gasteiger partial charge in [-0.2, -0.15) is 0 Å². The van der Waals surface area contributed by atoms with E-state index in [1.54, 1.807) is 37.4 Å². The molecule has 0 atom stereocenters. The number of aromatic nitrogens is 1. The van der Waals surface area contributed by atoms with Gasteiger partial charge < -0.3 is 9.42 Å². The summed E-state index contributed by atoms with van der Waals surface area (Å²) in [6, 6.07) is 8.34. The number of likely N-dealkylation sites (N-methyl/N-ethyl adjacent to an activating group) is 1. The first-order chi connectivity index (χ1) is 11.5. The molecule has 24 heavy (non-hydrogen) atoms. The normalized spacial score (nSPS) is 13.3. The van der Waals surface area contributed by atoms with Gasteiger partial charge in [0.25, 0.3) is 11.8 Å². The van der Waals surface area contributed by atoms with Crippen molar-refractivity contribution in [3.63, 3.8) is 0 Å². The Morgan fingerprint density at radius 1 is 1.21 bits per heavy atom. The lowest BCUT2D eigenvalue weighted by atomic mass is 10.1. The first-order valence-corrected chi connectivity index (χ1v) is 7.65. The van der Waals surface area contributed by atoms with Crippen molar-refractivity contribution in [2.24, 2.45) is 0 Å². The summed E-state index contributed by atoms with van der Waals surface area (Å²) in [5, 5.41) is 3.87. The van der Waals surface area contributed by atoms with Crippen molar-refractivity contribution in [3.05, 3.63) is 52.9 Å². The van der Waals surface area contributed by atoms with Gasteiger partial charge in [0, 0.05) is 13.1 Å². The largest absolute Gasteiger partial charge is 0.359 e. The number of rotatable bonds is 5. The fraction of sp³-hybridized carbons (Fsp3) is 0.294. The second-order valence-corrected chi connectivity index (χ2v) is 5.63. The molecular weight excluding hydrogens is 310 g/mol. The number of fused-ring (bicyclic) bond motifs is 1. The van der Waals surface area contributed by atoms with Crippen LogP contribution in [0, 0.1) is 0 Å². The standard InChI is InChI=1S/C17H17N3O4/c1-3-11-8-12(24-18-11)9-19(2)15(21)10-20-16(22)13-6-4-5-7-14(13)17(20)23/h4-8H,3,9-10H2,1-2H3. The number of carbonyl (C=O) groups is 3. The zero-order chi connectivity index (χ0) is 17.3. The number of hydrogen-bond acceptors (Lipinski definition) is 5. The number of carbonyl (C=O) groups excluding carboxylic acids is 3. The average Bonchev–Trinajstić information content (AvgIpc) is 3.13. The summed E-state index contributed by atoms with van der Waals surface area (Å²) >= 11 is 0. The molecule has 0 radical (unpaired) electrons. The molecule has 0 saturated carbocycles. The van der Waals surface area contributed by atoms with Crippen LogP contribution in [0.4, 0.5) is 0 Å². The molecule has 1 aliphatic rings. The minimum absolute atomic E-state index is 0.231.